The van der Waals surface area contributed by atoms with E-state index in [1.807, 2.05) is 60.7 Å². The third-order valence-corrected chi connectivity index (χ3v) is 13.1. The Bertz CT molecular complexity index is 3820. The van der Waals surface area contributed by atoms with Crippen LogP contribution in [0.3, 0.4) is 0 Å². The van der Waals surface area contributed by atoms with Gasteiger partial charge in [0.1, 0.15) is 0 Å². The first-order valence-corrected chi connectivity index (χ1v) is 24.4. The van der Waals surface area contributed by atoms with Gasteiger partial charge < -0.3 is 4.57 Å². The van der Waals surface area contributed by atoms with Crippen molar-refractivity contribution >= 4 is 33.5 Å². The topological polar surface area (TPSA) is 43.6 Å². The van der Waals surface area contributed by atoms with E-state index in [0.717, 1.165) is 94.3 Å². The van der Waals surface area contributed by atoms with Crippen LogP contribution in [0.4, 0.5) is 0 Å². The number of aromatic nitrogens is 4. The molecule has 346 valence electrons. The second kappa shape index (κ2) is 20.7. The molecule has 11 aromatic rings. The van der Waals surface area contributed by atoms with E-state index in [0.29, 0.717) is 17.5 Å². The SMILES string of the molecule is C=C/C=C\C=C\c1cc(-c2nc(-c3ccccc3)nc(-c3cc(/C(C=C)=C/C=C)cc(-c4ccccc4)c3)n2)cc(-c2ccccc2)c1-n1c2ccc(-c3ccccc3)cc2c2cc(-c3ccccc3)ccc21. The van der Waals surface area contributed by atoms with Gasteiger partial charge in [-0.05, 0) is 110 Å². The van der Waals surface area contributed by atoms with E-state index in [4.69, 9.17) is 15.0 Å². The highest BCUT2D eigenvalue weighted by molar-refractivity contribution is 6.12. The largest absolute Gasteiger partial charge is 0.308 e. The Morgan fingerprint density at radius 1 is 0.370 bits per heavy atom. The molecule has 0 saturated carbocycles. The lowest BCUT2D eigenvalue weighted by Crippen LogP contribution is -2.04. The fourth-order valence-corrected chi connectivity index (χ4v) is 9.67. The predicted octanol–water partition coefficient (Wildman–Crippen LogP) is 18.1. The molecule has 0 aliphatic heterocycles. The van der Waals surface area contributed by atoms with Crippen LogP contribution in [0, 0.1) is 0 Å². The number of benzene rings is 9. The first kappa shape index (κ1) is 45.7. The number of hydrogen-bond donors (Lipinski definition) is 0. The maximum atomic E-state index is 5.42. The van der Waals surface area contributed by atoms with Crippen molar-refractivity contribution in [2.45, 2.75) is 0 Å². The molecule has 0 unspecified atom stereocenters. The maximum absolute atomic E-state index is 5.42. The van der Waals surface area contributed by atoms with Gasteiger partial charge in [0.25, 0.3) is 0 Å². The van der Waals surface area contributed by atoms with Gasteiger partial charge in [0.2, 0.25) is 0 Å². The molecule has 4 heteroatoms. The maximum Gasteiger partial charge on any atom is 0.164 e. The quantitative estimate of drug-likeness (QED) is 0.102. The molecule has 0 atom stereocenters. The van der Waals surface area contributed by atoms with Crippen molar-refractivity contribution in [1.29, 1.82) is 0 Å². The summed E-state index contributed by atoms with van der Waals surface area (Å²) in [4.78, 5) is 16.0. The zero-order valence-corrected chi connectivity index (χ0v) is 40.3. The molecule has 0 aliphatic carbocycles. The first-order valence-electron chi connectivity index (χ1n) is 24.4. The Kier molecular flexibility index (Phi) is 12.9. The molecule has 0 N–H and O–H groups in total. The Morgan fingerprint density at radius 2 is 0.836 bits per heavy atom. The minimum atomic E-state index is 0.545. The van der Waals surface area contributed by atoms with Crippen LogP contribution in [-0.2, 0) is 0 Å². The standard InChI is InChI=1S/C69H50N4/c1-4-7-8-14-36-56-41-60(69-71-67(53-34-23-13-24-35-53)70-68(72-69)59-43-57(48(6-3)25-5-2)42-58(44-59)51-30-19-11-20-31-51)47-61(52-32-21-12-22-33-52)66(56)73-64-39-37-54(49-26-15-9-16-27-49)45-62(64)63-46-55(38-40-65(63)73)50-28-17-10-18-29-50/h4-47H,1-3H2/b8-7-,36-14+,48-25+. The van der Waals surface area contributed by atoms with E-state index < -0.39 is 0 Å². The zero-order valence-electron chi connectivity index (χ0n) is 40.3. The summed E-state index contributed by atoms with van der Waals surface area (Å²) in [5.41, 5.74) is 17.5. The van der Waals surface area contributed by atoms with Crippen molar-refractivity contribution in [2.75, 3.05) is 0 Å². The van der Waals surface area contributed by atoms with Crippen molar-refractivity contribution in [3.05, 3.63) is 292 Å². The highest BCUT2D eigenvalue weighted by atomic mass is 15.0. The molecule has 0 bridgehead atoms. The Hall–Kier alpha value is -9.77. The summed E-state index contributed by atoms with van der Waals surface area (Å²) < 4.78 is 2.44. The second-order valence-electron chi connectivity index (χ2n) is 17.7. The van der Waals surface area contributed by atoms with Crippen molar-refractivity contribution in [3.8, 4) is 84.4 Å². The lowest BCUT2D eigenvalue weighted by Gasteiger charge is -2.20. The lowest BCUT2D eigenvalue weighted by molar-refractivity contribution is 1.07. The van der Waals surface area contributed by atoms with Crippen molar-refractivity contribution < 1.29 is 0 Å². The summed E-state index contributed by atoms with van der Waals surface area (Å²) in [6.45, 7) is 12.1. The van der Waals surface area contributed by atoms with Crippen LogP contribution in [0.2, 0.25) is 0 Å². The van der Waals surface area contributed by atoms with Gasteiger partial charge in [-0.2, -0.15) is 0 Å². The average molecular weight is 935 g/mol. The van der Waals surface area contributed by atoms with Crippen LogP contribution in [-0.4, -0.2) is 19.5 Å². The smallest absolute Gasteiger partial charge is 0.164 e. The fraction of sp³-hybridized carbons (Fsp3) is 0. The van der Waals surface area contributed by atoms with Crippen LogP contribution in [0.25, 0.3) is 118 Å². The summed E-state index contributed by atoms with van der Waals surface area (Å²) >= 11 is 0. The summed E-state index contributed by atoms with van der Waals surface area (Å²) in [5.74, 6) is 1.66. The molecule has 9 aromatic carbocycles. The van der Waals surface area contributed by atoms with Crippen LogP contribution in [0.15, 0.2) is 281 Å². The predicted molar refractivity (Wildman–Crippen MR) is 309 cm³/mol. The molecule has 0 saturated heterocycles. The van der Waals surface area contributed by atoms with E-state index in [-0.39, 0.29) is 0 Å². The van der Waals surface area contributed by atoms with E-state index in [2.05, 4.69) is 218 Å². The molecule has 2 heterocycles. The first-order chi connectivity index (χ1) is 36.1. The number of allylic oxidation sites excluding steroid dienone is 8. The highest BCUT2D eigenvalue weighted by Gasteiger charge is 2.23. The van der Waals surface area contributed by atoms with Crippen molar-refractivity contribution in [3.63, 3.8) is 0 Å². The van der Waals surface area contributed by atoms with Gasteiger partial charge in [-0.15, -0.1) is 0 Å². The van der Waals surface area contributed by atoms with Gasteiger partial charge in [0.05, 0.1) is 16.7 Å². The third kappa shape index (κ3) is 9.37. The fourth-order valence-electron chi connectivity index (χ4n) is 9.67. The van der Waals surface area contributed by atoms with Crippen molar-refractivity contribution in [2.24, 2.45) is 0 Å². The molecular weight excluding hydrogens is 885 g/mol. The van der Waals surface area contributed by atoms with Crippen LogP contribution in [0.1, 0.15) is 11.1 Å². The van der Waals surface area contributed by atoms with Crippen LogP contribution < -0.4 is 0 Å². The molecule has 0 radical (unpaired) electrons. The van der Waals surface area contributed by atoms with E-state index in [1.54, 1.807) is 12.2 Å². The lowest BCUT2D eigenvalue weighted by atomic mass is 9.95. The number of rotatable bonds is 14. The Balaban J connectivity index is 1.20. The molecule has 0 amide bonds. The van der Waals surface area contributed by atoms with Gasteiger partial charge >= 0.3 is 0 Å². The molecule has 0 spiro atoms. The molecule has 0 fully saturated rings. The van der Waals surface area contributed by atoms with Gasteiger partial charge in [-0.1, -0.05) is 232 Å². The molecule has 73 heavy (non-hydrogen) atoms. The van der Waals surface area contributed by atoms with Gasteiger partial charge in [-0.3, -0.25) is 0 Å². The third-order valence-electron chi connectivity index (χ3n) is 13.1. The monoisotopic (exact) mass is 934 g/mol. The molecule has 2 aromatic heterocycles. The Morgan fingerprint density at radius 3 is 1.34 bits per heavy atom. The number of fused-ring (bicyclic) bond motifs is 3. The minimum absolute atomic E-state index is 0.545. The van der Waals surface area contributed by atoms with Crippen molar-refractivity contribution in [1.82, 2.24) is 19.5 Å². The van der Waals surface area contributed by atoms with Gasteiger partial charge in [-0.25, -0.2) is 15.0 Å². The Labute approximate surface area is 427 Å². The summed E-state index contributed by atoms with van der Waals surface area (Å²) in [6.07, 6.45) is 15.6. The second-order valence-corrected chi connectivity index (χ2v) is 17.7. The van der Waals surface area contributed by atoms with Crippen LogP contribution >= 0.6 is 0 Å². The summed E-state index contributed by atoms with van der Waals surface area (Å²) in [6, 6.07) is 77.0. The molecule has 4 nitrogen and oxygen atoms in total. The van der Waals surface area contributed by atoms with Gasteiger partial charge in [0, 0.05) is 33.0 Å². The summed E-state index contributed by atoms with van der Waals surface area (Å²) in [5, 5.41) is 2.32. The molecular formula is C69H50N4. The minimum Gasteiger partial charge on any atom is -0.308 e. The number of nitrogens with zero attached hydrogens (tertiary/aromatic N) is 4. The summed E-state index contributed by atoms with van der Waals surface area (Å²) in [7, 11) is 0. The van der Waals surface area contributed by atoms with Gasteiger partial charge in [0.15, 0.2) is 17.5 Å². The van der Waals surface area contributed by atoms with Crippen LogP contribution in [0.5, 0.6) is 0 Å². The van der Waals surface area contributed by atoms with E-state index in [9.17, 15) is 0 Å². The zero-order chi connectivity index (χ0) is 49.5. The highest BCUT2D eigenvalue weighted by Crippen LogP contribution is 2.43. The normalized spacial score (nSPS) is 11.7. The van der Waals surface area contributed by atoms with E-state index >= 15 is 0 Å². The number of hydrogen-bond acceptors (Lipinski definition) is 3. The van der Waals surface area contributed by atoms with E-state index in [1.165, 1.54) is 11.1 Å². The average Bonchev–Trinajstić information content (AvgIpc) is 3.78. The molecule has 11 rings (SSSR count). The molecule has 0 aliphatic rings.